The highest BCUT2D eigenvalue weighted by Crippen LogP contribution is 2.27. The van der Waals surface area contributed by atoms with Gasteiger partial charge in [-0.1, -0.05) is 11.6 Å². The van der Waals surface area contributed by atoms with E-state index in [1.807, 2.05) is 0 Å². The number of esters is 1. The van der Waals surface area contributed by atoms with Crippen molar-refractivity contribution in [2.75, 3.05) is 19.5 Å². The molecule has 0 fully saturated rings. The third-order valence-corrected chi connectivity index (χ3v) is 2.61. The largest absolute Gasteiger partial charge is 0.495 e. The maximum Gasteiger partial charge on any atom is 0.328 e. The third-order valence-electron chi connectivity index (χ3n) is 2.31. The van der Waals surface area contributed by atoms with Crippen LogP contribution in [-0.2, 0) is 9.53 Å². The monoisotopic (exact) mass is 286 g/mol. The highest BCUT2D eigenvalue weighted by atomic mass is 35.5. The van der Waals surface area contributed by atoms with Gasteiger partial charge >= 0.3 is 12.0 Å². The summed E-state index contributed by atoms with van der Waals surface area (Å²) in [4.78, 5) is 22.7. The molecule has 0 spiro atoms. The van der Waals surface area contributed by atoms with E-state index < -0.39 is 18.0 Å². The van der Waals surface area contributed by atoms with Gasteiger partial charge in [-0.3, -0.25) is 0 Å². The first kappa shape index (κ1) is 15.1. The minimum absolute atomic E-state index is 0.376. The van der Waals surface area contributed by atoms with Crippen molar-refractivity contribution in [1.82, 2.24) is 5.32 Å². The van der Waals surface area contributed by atoms with Crippen LogP contribution in [0.4, 0.5) is 10.5 Å². The Hall–Kier alpha value is -1.95. The number of hydrogen-bond donors (Lipinski definition) is 2. The standard InChI is InChI=1S/C12H15ClN2O4/c1-7(11(16)19-3)14-12(17)15-8-4-5-10(18-2)9(13)6-8/h4-7H,1-3H3,(H2,14,15,17)/t7-/m0/s1. The van der Waals surface area contributed by atoms with Gasteiger partial charge < -0.3 is 20.1 Å². The van der Waals surface area contributed by atoms with Crippen LogP contribution in [0.5, 0.6) is 5.75 Å². The molecule has 6 nitrogen and oxygen atoms in total. The molecule has 0 radical (unpaired) electrons. The number of anilines is 1. The fourth-order valence-corrected chi connectivity index (χ4v) is 1.60. The molecule has 0 aliphatic heterocycles. The fraction of sp³-hybridized carbons (Fsp3) is 0.333. The Kier molecular flexibility index (Phi) is 5.44. The molecule has 1 atom stereocenters. The molecule has 7 heteroatoms. The number of methoxy groups -OCH3 is 2. The average molecular weight is 287 g/mol. The molecule has 1 aromatic carbocycles. The molecule has 104 valence electrons. The molecule has 0 aromatic heterocycles. The molecule has 1 aromatic rings. The Balaban J connectivity index is 2.62. The summed E-state index contributed by atoms with van der Waals surface area (Å²) < 4.78 is 9.49. The quantitative estimate of drug-likeness (QED) is 0.830. The number of rotatable bonds is 4. The van der Waals surface area contributed by atoms with Gasteiger partial charge in [-0.05, 0) is 25.1 Å². The fourth-order valence-electron chi connectivity index (χ4n) is 1.34. The van der Waals surface area contributed by atoms with Crippen LogP contribution in [0.15, 0.2) is 18.2 Å². The Bertz CT molecular complexity index is 479. The number of nitrogens with one attached hydrogen (secondary N) is 2. The maximum absolute atomic E-state index is 11.6. The number of carbonyl (C=O) groups excluding carboxylic acids is 2. The van der Waals surface area contributed by atoms with Crippen LogP contribution in [-0.4, -0.2) is 32.3 Å². The third kappa shape index (κ3) is 4.33. The van der Waals surface area contributed by atoms with Crippen molar-refractivity contribution < 1.29 is 19.1 Å². The maximum atomic E-state index is 11.6. The van der Waals surface area contributed by atoms with Gasteiger partial charge in [-0.2, -0.15) is 0 Å². The number of ether oxygens (including phenoxy) is 2. The van der Waals surface area contributed by atoms with Crippen LogP contribution in [0.25, 0.3) is 0 Å². The smallest absolute Gasteiger partial charge is 0.328 e. The van der Waals surface area contributed by atoms with Gasteiger partial charge in [0.25, 0.3) is 0 Å². The molecular formula is C12H15ClN2O4. The Morgan fingerprint density at radius 3 is 2.53 bits per heavy atom. The zero-order valence-electron chi connectivity index (χ0n) is 10.8. The summed E-state index contributed by atoms with van der Waals surface area (Å²) in [7, 11) is 2.75. The lowest BCUT2D eigenvalue weighted by molar-refractivity contribution is -0.142. The molecule has 2 amide bonds. The van der Waals surface area contributed by atoms with Crippen LogP contribution >= 0.6 is 11.6 Å². The average Bonchev–Trinajstić information content (AvgIpc) is 2.37. The molecule has 2 N–H and O–H groups in total. The highest BCUT2D eigenvalue weighted by Gasteiger charge is 2.15. The predicted molar refractivity (Wildman–Crippen MR) is 71.6 cm³/mol. The van der Waals surface area contributed by atoms with E-state index in [9.17, 15) is 9.59 Å². The molecule has 0 saturated carbocycles. The van der Waals surface area contributed by atoms with Crippen molar-refractivity contribution in [3.8, 4) is 5.75 Å². The lowest BCUT2D eigenvalue weighted by atomic mass is 10.3. The van der Waals surface area contributed by atoms with Gasteiger partial charge in [0.1, 0.15) is 11.8 Å². The summed E-state index contributed by atoms with van der Waals surface area (Å²) in [6, 6.07) is 3.54. The molecule has 19 heavy (non-hydrogen) atoms. The summed E-state index contributed by atoms with van der Waals surface area (Å²) in [5.41, 5.74) is 0.486. The van der Waals surface area contributed by atoms with Gasteiger partial charge in [-0.25, -0.2) is 9.59 Å². The molecule has 0 aliphatic carbocycles. The van der Waals surface area contributed by atoms with E-state index >= 15 is 0 Å². The number of halogens is 1. The van der Waals surface area contributed by atoms with E-state index in [1.54, 1.807) is 18.2 Å². The van der Waals surface area contributed by atoms with Crippen LogP contribution in [0.3, 0.4) is 0 Å². The second kappa shape index (κ2) is 6.84. The van der Waals surface area contributed by atoms with E-state index in [-0.39, 0.29) is 0 Å². The highest BCUT2D eigenvalue weighted by molar-refractivity contribution is 6.32. The summed E-state index contributed by atoms with van der Waals surface area (Å²) in [5, 5.41) is 5.35. The second-order valence-corrected chi connectivity index (χ2v) is 4.10. The van der Waals surface area contributed by atoms with E-state index in [4.69, 9.17) is 16.3 Å². The van der Waals surface area contributed by atoms with Crippen molar-refractivity contribution in [2.24, 2.45) is 0 Å². The summed E-state index contributed by atoms with van der Waals surface area (Å²) in [6.45, 7) is 1.52. The van der Waals surface area contributed by atoms with Crippen LogP contribution in [0.1, 0.15) is 6.92 Å². The number of carbonyl (C=O) groups is 2. The normalized spacial score (nSPS) is 11.4. The van der Waals surface area contributed by atoms with Crippen LogP contribution in [0, 0.1) is 0 Å². The van der Waals surface area contributed by atoms with Gasteiger partial charge in [0.05, 0.1) is 19.2 Å². The topological polar surface area (TPSA) is 76.7 Å². The minimum Gasteiger partial charge on any atom is -0.495 e. The predicted octanol–water partition coefficient (Wildman–Crippen LogP) is 2.03. The van der Waals surface area contributed by atoms with Crippen molar-refractivity contribution in [2.45, 2.75) is 13.0 Å². The van der Waals surface area contributed by atoms with E-state index in [1.165, 1.54) is 21.1 Å². The van der Waals surface area contributed by atoms with Crippen molar-refractivity contribution in [1.29, 1.82) is 0 Å². The molecule has 1 rings (SSSR count). The lowest BCUT2D eigenvalue weighted by Crippen LogP contribution is -2.41. The first-order valence-corrected chi connectivity index (χ1v) is 5.84. The summed E-state index contributed by atoms with van der Waals surface area (Å²) in [6.07, 6.45) is 0. The SMILES string of the molecule is COC(=O)[C@H](C)NC(=O)Nc1ccc(OC)c(Cl)c1. The Morgan fingerprint density at radius 2 is 2.00 bits per heavy atom. The summed E-state index contributed by atoms with van der Waals surface area (Å²) >= 11 is 5.92. The van der Waals surface area contributed by atoms with Gasteiger partial charge in [0, 0.05) is 5.69 Å². The number of benzene rings is 1. The second-order valence-electron chi connectivity index (χ2n) is 3.69. The van der Waals surface area contributed by atoms with E-state index in [0.717, 1.165) is 0 Å². The molecule has 0 bridgehead atoms. The van der Waals surface area contributed by atoms with E-state index in [0.29, 0.717) is 16.5 Å². The Labute approximate surface area is 116 Å². The lowest BCUT2D eigenvalue weighted by Gasteiger charge is -2.13. The molecule has 0 heterocycles. The van der Waals surface area contributed by atoms with Gasteiger partial charge in [-0.15, -0.1) is 0 Å². The number of urea groups is 1. The number of hydrogen-bond acceptors (Lipinski definition) is 4. The first-order valence-electron chi connectivity index (χ1n) is 5.46. The first-order chi connectivity index (χ1) is 8.97. The van der Waals surface area contributed by atoms with Crippen molar-refractivity contribution >= 4 is 29.3 Å². The molecule has 0 aliphatic rings. The van der Waals surface area contributed by atoms with Gasteiger partial charge in [0.15, 0.2) is 0 Å². The van der Waals surface area contributed by atoms with Crippen LogP contribution in [0.2, 0.25) is 5.02 Å². The molecular weight excluding hydrogens is 272 g/mol. The zero-order chi connectivity index (χ0) is 14.4. The zero-order valence-corrected chi connectivity index (χ0v) is 11.6. The van der Waals surface area contributed by atoms with Crippen LogP contribution < -0.4 is 15.4 Å². The van der Waals surface area contributed by atoms with Crippen molar-refractivity contribution in [3.63, 3.8) is 0 Å². The molecule has 0 saturated heterocycles. The summed E-state index contributed by atoms with van der Waals surface area (Å²) in [5.74, 6) is -0.0153. The van der Waals surface area contributed by atoms with Crippen molar-refractivity contribution in [3.05, 3.63) is 23.2 Å². The van der Waals surface area contributed by atoms with E-state index in [2.05, 4.69) is 15.4 Å². The number of amides is 2. The Morgan fingerprint density at radius 1 is 1.32 bits per heavy atom. The van der Waals surface area contributed by atoms with Gasteiger partial charge in [0.2, 0.25) is 0 Å². The minimum atomic E-state index is -0.737. The molecule has 0 unspecified atom stereocenters.